The van der Waals surface area contributed by atoms with Gasteiger partial charge in [0.1, 0.15) is 22.6 Å². The number of amides is 2. The first-order valence-electron chi connectivity index (χ1n) is 14.6. The van der Waals surface area contributed by atoms with E-state index < -0.39 is 23.6 Å². The Hall–Kier alpha value is -3.63. The molecule has 0 radical (unpaired) electrons. The quantitative estimate of drug-likeness (QED) is 0.246. The molecule has 1 fully saturated rings. The first-order chi connectivity index (χ1) is 20.1. The van der Waals surface area contributed by atoms with Crippen molar-refractivity contribution < 1.29 is 38.4 Å². The second-order valence-corrected chi connectivity index (χ2v) is 10.4. The number of ether oxygens (including phenoxy) is 4. The number of carboxylic acid groups (broad SMARTS) is 1. The topological polar surface area (TPSA) is 124 Å². The minimum absolute atomic E-state index is 0.178. The van der Waals surface area contributed by atoms with Crippen molar-refractivity contribution in [3.05, 3.63) is 59.2 Å². The van der Waals surface area contributed by atoms with Crippen LogP contribution in [-0.4, -0.2) is 72.4 Å². The van der Waals surface area contributed by atoms with Gasteiger partial charge in [-0.1, -0.05) is 30.3 Å². The Labute approximate surface area is 248 Å². The van der Waals surface area contributed by atoms with Crippen LogP contribution >= 0.6 is 0 Å². The third-order valence-electron chi connectivity index (χ3n) is 7.53. The number of Topliss-reactive ketones (excluding diaryl/α,β-unsaturated/α-hetero) is 1. The molecule has 0 aromatic heterocycles. The summed E-state index contributed by atoms with van der Waals surface area (Å²) >= 11 is 0. The van der Waals surface area contributed by atoms with E-state index in [0.29, 0.717) is 42.4 Å². The summed E-state index contributed by atoms with van der Waals surface area (Å²) < 4.78 is 23.3. The highest BCUT2D eigenvalue weighted by molar-refractivity contribution is 6.00. The van der Waals surface area contributed by atoms with Crippen LogP contribution in [-0.2, 0) is 14.3 Å². The molecule has 42 heavy (non-hydrogen) atoms. The van der Waals surface area contributed by atoms with E-state index in [2.05, 4.69) is 5.32 Å². The number of hydrogen-bond donors (Lipinski definition) is 2. The molecule has 0 heterocycles. The third kappa shape index (κ3) is 7.80. The Morgan fingerprint density at radius 3 is 2.07 bits per heavy atom. The van der Waals surface area contributed by atoms with E-state index >= 15 is 0 Å². The molecule has 2 amide bonds. The number of urea groups is 1. The fourth-order valence-corrected chi connectivity index (χ4v) is 5.21. The predicted molar refractivity (Wildman–Crippen MR) is 158 cm³/mol. The minimum atomic E-state index is -1.42. The molecular formula is C32H44N2O8. The van der Waals surface area contributed by atoms with Crippen LogP contribution in [0.25, 0.3) is 0 Å². The molecule has 2 aromatic rings. The minimum Gasteiger partial charge on any atom is -0.493 e. The van der Waals surface area contributed by atoms with Crippen LogP contribution in [0.15, 0.2) is 42.5 Å². The zero-order valence-corrected chi connectivity index (χ0v) is 25.5. The SMILES string of the molecule is CCOc1cc([C@@H](C)N(CCO[C@@H](C)c2ccccc2)C(=O)NC2(C(=O)O)CC(OCC)C2)cc(OCC)c1C(C)=O. The van der Waals surface area contributed by atoms with E-state index in [1.807, 2.05) is 65.0 Å². The monoisotopic (exact) mass is 584 g/mol. The summed E-state index contributed by atoms with van der Waals surface area (Å²) in [6, 6.07) is 12.1. The maximum absolute atomic E-state index is 13.8. The number of carbonyl (C=O) groups excluding carboxylic acids is 2. The van der Waals surface area contributed by atoms with Crippen molar-refractivity contribution in [1.82, 2.24) is 10.2 Å². The van der Waals surface area contributed by atoms with Gasteiger partial charge in [-0.25, -0.2) is 9.59 Å². The van der Waals surface area contributed by atoms with Gasteiger partial charge in [0.2, 0.25) is 0 Å². The van der Waals surface area contributed by atoms with Crippen LogP contribution in [0, 0.1) is 0 Å². The van der Waals surface area contributed by atoms with E-state index in [4.69, 9.17) is 18.9 Å². The summed E-state index contributed by atoms with van der Waals surface area (Å²) in [5.74, 6) is -0.562. The van der Waals surface area contributed by atoms with Crippen LogP contribution in [0.2, 0.25) is 0 Å². The van der Waals surface area contributed by atoms with Gasteiger partial charge in [0, 0.05) is 26.0 Å². The molecule has 0 bridgehead atoms. The molecule has 1 saturated carbocycles. The van der Waals surface area contributed by atoms with Crippen molar-refractivity contribution >= 4 is 17.8 Å². The molecule has 2 N–H and O–H groups in total. The average Bonchev–Trinajstić information content (AvgIpc) is 2.93. The van der Waals surface area contributed by atoms with Crippen molar-refractivity contribution in [2.45, 2.75) is 78.2 Å². The Balaban J connectivity index is 1.92. The second kappa shape index (κ2) is 15.0. The lowest BCUT2D eigenvalue weighted by molar-refractivity contribution is -0.156. The molecule has 2 aromatic carbocycles. The Kier molecular flexibility index (Phi) is 11.8. The second-order valence-electron chi connectivity index (χ2n) is 10.4. The molecule has 2 atom stereocenters. The van der Waals surface area contributed by atoms with Crippen molar-refractivity contribution in [2.75, 3.05) is 33.0 Å². The van der Waals surface area contributed by atoms with E-state index in [0.717, 1.165) is 5.56 Å². The fourth-order valence-electron chi connectivity index (χ4n) is 5.21. The number of carbonyl (C=O) groups is 3. The van der Waals surface area contributed by atoms with E-state index in [1.54, 1.807) is 17.0 Å². The fraction of sp³-hybridized carbons (Fsp3) is 0.531. The predicted octanol–water partition coefficient (Wildman–Crippen LogP) is 5.56. The van der Waals surface area contributed by atoms with Crippen molar-refractivity contribution in [1.29, 1.82) is 0 Å². The third-order valence-corrected chi connectivity index (χ3v) is 7.53. The number of nitrogens with zero attached hydrogens (tertiary/aromatic N) is 1. The van der Waals surface area contributed by atoms with Crippen LogP contribution in [0.3, 0.4) is 0 Å². The Morgan fingerprint density at radius 1 is 0.976 bits per heavy atom. The summed E-state index contributed by atoms with van der Waals surface area (Å²) in [4.78, 5) is 40.1. The lowest BCUT2D eigenvalue weighted by Gasteiger charge is -2.45. The molecule has 230 valence electrons. The largest absolute Gasteiger partial charge is 0.493 e. The van der Waals surface area contributed by atoms with Gasteiger partial charge in [-0.3, -0.25) is 4.79 Å². The summed E-state index contributed by atoms with van der Waals surface area (Å²) in [6.45, 7) is 12.2. The number of benzene rings is 2. The molecule has 0 saturated heterocycles. The van der Waals surface area contributed by atoms with E-state index in [1.165, 1.54) is 6.92 Å². The number of ketones is 1. The summed E-state index contributed by atoms with van der Waals surface area (Å²) in [5, 5.41) is 12.8. The van der Waals surface area contributed by atoms with Crippen molar-refractivity contribution in [2.24, 2.45) is 0 Å². The molecule has 0 unspecified atom stereocenters. The molecule has 10 nitrogen and oxygen atoms in total. The average molecular weight is 585 g/mol. The van der Waals surface area contributed by atoms with Crippen LogP contribution in [0.4, 0.5) is 4.79 Å². The number of aliphatic carboxylic acids is 1. The molecule has 1 aliphatic rings. The first kappa shape index (κ1) is 32.9. The maximum Gasteiger partial charge on any atom is 0.329 e. The van der Waals surface area contributed by atoms with Crippen LogP contribution < -0.4 is 14.8 Å². The summed E-state index contributed by atoms with van der Waals surface area (Å²) in [6.07, 6.45) is -0.0718. The van der Waals surface area contributed by atoms with Gasteiger partial charge in [-0.05, 0) is 64.8 Å². The maximum atomic E-state index is 13.8. The standard InChI is InChI=1S/C32H44N2O8/c1-7-39-26-19-32(20-26,30(36)37)33-31(38)34(15-16-42-23(6)24-13-11-10-12-14-24)21(4)25-17-27(40-8-2)29(22(5)35)28(18-25)41-9-3/h10-14,17-18,21,23,26H,7-9,15-16,19-20H2,1-6H3,(H,33,38)(H,36,37)/t21-,23+,26?,32?/m1/s1. The molecule has 1 aliphatic carbocycles. The van der Waals surface area contributed by atoms with E-state index in [9.17, 15) is 19.5 Å². The van der Waals surface area contributed by atoms with Gasteiger partial charge in [0.25, 0.3) is 0 Å². The highest BCUT2D eigenvalue weighted by atomic mass is 16.5. The molecule has 3 rings (SSSR count). The number of carboxylic acids is 1. The van der Waals surface area contributed by atoms with Gasteiger partial charge < -0.3 is 34.3 Å². The van der Waals surface area contributed by atoms with Crippen molar-refractivity contribution in [3.8, 4) is 11.5 Å². The van der Waals surface area contributed by atoms with Gasteiger partial charge in [-0.2, -0.15) is 0 Å². The van der Waals surface area contributed by atoms with Crippen LogP contribution in [0.5, 0.6) is 11.5 Å². The Bertz CT molecular complexity index is 1190. The van der Waals surface area contributed by atoms with E-state index in [-0.39, 0.29) is 44.0 Å². The molecular weight excluding hydrogens is 540 g/mol. The zero-order valence-electron chi connectivity index (χ0n) is 25.5. The number of rotatable bonds is 16. The van der Waals surface area contributed by atoms with Crippen molar-refractivity contribution in [3.63, 3.8) is 0 Å². The molecule has 10 heteroatoms. The first-order valence-corrected chi connectivity index (χ1v) is 14.6. The van der Waals surface area contributed by atoms with Crippen LogP contribution in [0.1, 0.15) is 88.0 Å². The number of nitrogens with one attached hydrogen (secondary N) is 1. The number of hydrogen-bond acceptors (Lipinski definition) is 7. The molecule has 0 spiro atoms. The van der Waals surface area contributed by atoms with Gasteiger partial charge in [0.15, 0.2) is 5.78 Å². The smallest absolute Gasteiger partial charge is 0.329 e. The van der Waals surface area contributed by atoms with Gasteiger partial charge in [-0.15, -0.1) is 0 Å². The lowest BCUT2D eigenvalue weighted by atomic mass is 9.74. The van der Waals surface area contributed by atoms with Gasteiger partial charge >= 0.3 is 12.0 Å². The molecule has 0 aliphatic heterocycles. The highest BCUT2D eigenvalue weighted by Gasteiger charge is 2.53. The Morgan fingerprint density at radius 2 is 1.57 bits per heavy atom. The normalized spacial score (nSPS) is 19.2. The van der Waals surface area contributed by atoms with Gasteiger partial charge in [0.05, 0.1) is 38.1 Å². The summed E-state index contributed by atoms with van der Waals surface area (Å²) in [5.41, 5.74) is 0.596. The summed E-state index contributed by atoms with van der Waals surface area (Å²) in [7, 11) is 0. The zero-order chi connectivity index (χ0) is 30.9. The lowest BCUT2D eigenvalue weighted by Crippen LogP contribution is -2.66. The highest BCUT2D eigenvalue weighted by Crippen LogP contribution is 2.38.